The summed E-state index contributed by atoms with van der Waals surface area (Å²) in [7, 11) is 0. The molecule has 0 unspecified atom stereocenters. The number of pyridine rings is 1. The van der Waals surface area contributed by atoms with E-state index in [9.17, 15) is 9.59 Å². The Labute approximate surface area is 151 Å². The first kappa shape index (κ1) is 17.4. The normalized spacial score (nSPS) is 10.4. The van der Waals surface area contributed by atoms with E-state index in [-0.39, 0.29) is 5.78 Å². The summed E-state index contributed by atoms with van der Waals surface area (Å²) in [6.07, 6.45) is 1.65. The molecule has 5 heteroatoms. The van der Waals surface area contributed by atoms with Crippen LogP contribution < -0.4 is 10.5 Å². The summed E-state index contributed by atoms with van der Waals surface area (Å²) in [5.41, 5.74) is 8.79. The van der Waals surface area contributed by atoms with Gasteiger partial charge in [0.25, 0.3) is 0 Å². The fourth-order valence-corrected chi connectivity index (χ4v) is 2.65. The van der Waals surface area contributed by atoms with Crippen molar-refractivity contribution in [3.63, 3.8) is 0 Å². The van der Waals surface area contributed by atoms with Gasteiger partial charge in [-0.3, -0.25) is 14.6 Å². The average molecular weight is 346 g/mol. The summed E-state index contributed by atoms with van der Waals surface area (Å²) in [6.45, 7) is 3.35. The van der Waals surface area contributed by atoms with E-state index in [1.807, 2.05) is 13.0 Å². The molecule has 0 aliphatic heterocycles. The molecule has 3 aromatic rings. The second-order valence-corrected chi connectivity index (χ2v) is 5.96. The Morgan fingerprint density at radius 3 is 2.46 bits per heavy atom. The molecule has 26 heavy (non-hydrogen) atoms. The van der Waals surface area contributed by atoms with Crippen LogP contribution in [0.4, 0.5) is 0 Å². The van der Waals surface area contributed by atoms with Crippen LogP contribution in [0.5, 0.6) is 11.5 Å². The van der Waals surface area contributed by atoms with E-state index in [0.717, 1.165) is 11.1 Å². The van der Waals surface area contributed by atoms with Gasteiger partial charge in [0, 0.05) is 29.0 Å². The summed E-state index contributed by atoms with van der Waals surface area (Å²) < 4.78 is 5.86. The number of amides is 1. The van der Waals surface area contributed by atoms with E-state index in [0.29, 0.717) is 28.3 Å². The summed E-state index contributed by atoms with van der Waals surface area (Å²) in [4.78, 5) is 27.2. The molecule has 1 aromatic heterocycles. The van der Waals surface area contributed by atoms with Crippen LogP contribution in [0.2, 0.25) is 0 Å². The third kappa shape index (κ3) is 3.78. The standard InChI is InChI=1S/C21H18N2O3/c1-13-10-16(6-7-19(13)21(22)25)20-12-18(8-9-23-20)26-17-5-3-4-15(11-17)14(2)24/h3-12H,1-2H3,(H2,22,25). The number of nitrogens with zero attached hydrogens (tertiary/aromatic N) is 1. The number of carbonyl (C=O) groups excluding carboxylic acids is 2. The number of nitrogens with two attached hydrogens (primary N) is 1. The maximum absolute atomic E-state index is 11.5. The van der Waals surface area contributed by atoms with Crippen molar-refractivity contribution in [1.29, 1.82) is 0 Å². The van der Waals surface area contributed by atoms with E-state index in [1.165, 1.54) is 6.92 Å². The molecular weight excluding hydrogens is 328 g/mol. The van der Waals surface area contributed by atoms with E-state index >= 15 is 0 Å². The van der Waals surface area contributed by atoms with Crippen molar-refractivity contribution in [1.82, 2.24) is 4.98 Å². The third-order valence-corrected chi connectivity index (χ3v) is 4.00. The molecule has 0 saturated heterocycles. The fourth-order valence-electron chi connectivity index (χ4n) is 2.65. The molecule has 0 aliphatic carbocycles. The number of ether oxygens (including phenoxy) is 1. The molecule has 1 amide bonds. The lowest BCUT2D eigenvalue weighted by molar-refractivity contribution is 0.0995. The topological polar surface area (TPSA) is 82.3 Å². The second kappa shape index (κ2) is 7.19. The highest BCUT2D eigenvalue weighted by Crippen LogP contribution is 2.27. The molecule has 1 heterocycles. The Balaban J connectivity index is 1.89. The molecule has 2 aromatic carbocycles. The highest BCUT2D eigenvalue weighted by atomic mass is 16.5. The molecule has 0 atom stereocenters. The Morgan fingerprint density at radius 1 is 1.00 bits per heavy atom. The highest BCUT2D eigenvalue weighted by Gasteiger charge is 2.09. The van der Waals surface area contributed by atoms with E-state index < -0.39 is 5.91 Å². The highest BCUT2D eigenvalue weighted by molar-refractivity contribution is 5.95. The van der Waals surface area contributed by atoms with Gasteiger partial charge >= 0.3 is 0 Å². The minimum Gasteiger partial charge on any atom is -0.457 e. The van der Waals surface area contributed by atoms with Gasteiger partial charge in [-0.25, -0.2) is 0 Å². The van der Waals surface area contributed by atoms with Gasteiger partial charge in [-0.15, -0.1) is 0 Å². The van der Waals surface area contributed by atoms with Crippen molar-refractivity contribution in [3.05, 3.63) is 77.5 Å². The largest absolute Gasteiger partial charge is 0.457 e. The maximum Gasteiger partial charge on any atom is 0.248 e. The lowest BCUT2D eigenvalue weighted by Gasteiger charge is -2.09. The Kier molecular flexibility index (Phi) is 4.80. The Hall–Kier alpha value is -3.47. The Bertz CT molecular complexity index is 996. The van der Waals surface area contributed by atoms with Crippen molar-refractivity contribution in [3.8, 4) is 22.8 Å². The van der Waals surface area contributed by atoms with Crippen LogP contribution in [-0.2, 0) is 0 Å². The number of hydrogen-bond acceptors (Lipinski definition) is 4. The summed E-state index contributed by atoms with van der Waals surface area (Å²) in [6, 6.07) is 15.9. The smallest absolute Gasteiger partial charge is 0.248 e. The van der Waals surface area contributed by atoms with E-state index in [1.54, 1.807) is 54.7 Å². The van der Waals surface area contributed by atoms with E-state index in [4.69, 9.17) is 10.5 Å². The van der Waals surface area contributed by atoms with Crippen LogP contribution in [0.1, 0.15) is 33.2 Å². The zero-order valence-corrected chi connectivity index (χ0v) is 14.5. The molecule has 0 saturated carbocycles. The number of aryl methyl sites for hydroxylation is 1. The number of benzene rings is 2. The van der Waals surface area contributed by atoms with Crippen molar-refractivity contribution in [2.75, 3.05) is 0 Å². The number of ketones is 1. The SMILES string of the molecule is CC(=O)c1cccc(Oc2ccnc(-c3ccc(C(N)=O)c(C)c3)c2)c1. The molecular formula is C21H18N2O3. The first-order valence-electron chi connectivity index (χ1n) is 8.10. The van der Waals surface area contributed by atoms with Crippen molar-refractivity contribution < 1.29 is 14.3 Å². The van der Waals surface area contributed by atoms with Crippen LogP contribution in [0, 0.1) is 6.92 Å². The zero-order chi connectivity index (χ0) is 18.7. The van der Waals surface area contributed by atoms with Crippen molar-refractivity contribution in [2.45, 2.75) is 13.8 Å². The molecule has 2 N–H and O–H groups in total. The summed E-state index contributed by atoms with van der Waals surface area (Å²) >= 11 is 0. The molecule has 5 nitrogen and oxygen atoms in total. The monoisotopic (exact) mass is 346 g/mol. The van der Waals surface area contributed by atoms with Gasteiger partial charge in [0.15, 0.2) is 5.78 Å². The summed E-state index contributed by atoms with van der Waals surface area (Å²) in [5, 5.41) is 0. The minimum absolute atomic E-state index is 0.0177. The zero-order valence-electron chi connectivity index (χ0n) is 14.5. The minimum atomic E-state index is -0.454. The first-order valence-corrected chi connectivity index (χ1v) is 8.10. The lowest BCUT2D eigenvalue weighted by atomic mass is 10.0. The van der Waals surface area contributed by atoms with Gasteiger partial charge in [0.1, 0.15) is 11.5 Å². The number of aromatic nitrogens is 1. The van der Waals surface area contributed by atoms with Gasteiger partial charge < -0.3 is 10.5 Å². The van der Waals surface area contributed by atoms with Crippen molar-refractivity contribution in [2.24, 2.45) is 5.73 Å². The molecule has 0 spiro atoms. The molecule has 0 fully saturated rings. The van der Waals surface area contributed by atoms with Gasteiger partial charge in [0.05, 0.1) is 5.69 Å². The molecule has 0 aliphatic rings. The van der Waals surface area contributed by atoms with E-state index in [2.05, 4.69) is 4.98 Å². The van der Waals surface area contributed by atoms with Crippen LogP contribution in [0.15, 0.2) is 60.8 Å². The number of primary amides is 1. The number of rotatable bonds is 5. The average Bonchev–Trinajstić information content (AvgIpc) is 2.61. The predicted molar refractivity (Wildman–Crippen MR) is 99.4 cm³/mol. The van der Waals surface area contributed by atoms with Crippen LogP contribution in [-0.4, -0.2) is 16.7 Å². The molecule has 0 bridgehead atoms. The van der Waals surface area contributed by atoms with Crippen LogP contribution in [0.3, 0.4) is 0 Å². The number of carbonyl (C=O) groups is 2. The van der Waals surface area contributed by atoms with Gasteiger partial charge in [-0.05, 0) is 49.7 Å². The summed E-state index contributed by atoms with van der Waals surface area (Å²) in [5.74, 6) is 0.711. The van der Waals surface area contributed by atoms with Gasteiger partial charge in [0.2, 0.25) is 5.91 Å². The quantitative estimate of drug-likeness (QED) is 0.704. The van der Waals surface area contributed by atoms with Crippen LogP contribution >= 0.6 is 0 Å². The molecule has 130 valence electrons. The fraction of sp³-hybridized carbons (Fsp3) is 0.0952. The lowest BCUT2D eigenvalue weighted by Crippen LogP contribution is -2.12. The maximum atomic E-state index is 11.5. The van der Waals surface area contributed by atoms with Crippen LogP contribution in [0.25, 0.3) is 11.3 Å². The molecule has 0 radical (unpaired) electrons. The second-order valence-electron chi connectivity index (χ2n) is 5.96. The first-order chi connectivity index (χ1) is 12.4. The predicted octanol–water partition coefficient (Wildman–Crippen LogP) is 4.15. The van der Waals surface area contributed by atoms with Gasteiger partial charge in [-0.1, -0.05) is 18.2 Å². The van der Waals surface area contributed by atoms with Crippen molar-refractivity contribution >= 4 is 11.7 Å². The molecule has 3 rings (SSSR count). The Morgan fingerprint density at radius 2 is 1.77 bits per heavy atom. The number of Topliss-reactive ketones (excluding diaryl/α,β-unsaturated/α-hetero) is 1. The number of hydrogen-bond donors (Lipinski definition) is 1. The third-order valence-electron chi connectivity index (χ3n) is 4.00. The van der Waals surface area contributed by atoms with Gasteiger partial charge in [-0.2, -0.15) is 0 Å².